The molecule has 1 aliphatic heterocycles. The number of phenolic OH excluding ortho intramolecular Hbond substituents is 1. The van der Waals surface area contributed by atoms with E-state index in [1.54, 1.807) is 6.07 Å². The van der Waals surface area contributed by atoms with Crippen molar-refractivity contribution in [2.45, 2.75) is 13.3 Å². The minimum absolute atomic E-state index is 0. The first-order valence-corrected chi connectivity index (χ1v) is 4.80. The summed E-state index contributed by atoms with van der Waals surface area (Å²) < 4.78 is 5.35. The molecule has 1 aliphatic rings. The third-order valence-electron chi connectivity index (χ3n) is 2.29. The maximum atomic E-state index is 9.50. The van der Waals surface area contributed by atoms with Crippen LogP contribution in [0.5, 0.6) is 5.75 Å². The molecule has 0 bridgehead atoms. The van der Waals surface area contributed by atoms with Crippen molar-refractivity contribution in [1.82, 2.24) is 0 Å². The second-order valence-corrected chi connectivity index (χ2v) is 3.23. The molecule has 0 saturated heterocycles. The lowest BCUT2D eigenvalue weighted by Crippen LogP contribution is -2.01. The van der Waals surface area contributed by atoms with E-state index in [0.29, 0.717) is 18.3 Å². The number of ether oxygens (including phenoxy) is 1. The van der Waals surface area contributed by atoms with Crippen LogP contribution in [0.25, 0.3) is 0 Å². The molecule has 0 amide bonds. The fourth-order valence-corrected chi connectivity index (χ4v) is 1.51. The summed E-state index contributed by atoms with van der Waals surface area (Å²) in [5, 5.41) is 9.50. The fourth-order valence-electron chi connectivity index (χ4n) is 1.51. The van der Waals surface area contributed by atoms with E-state index in [4.69, 9.17) is 4.74 Å². The van der Waals surface area contributed by atoms with E-state index in [9.17, 15) is 5.11 Å². The highest BCUT2D eigenvalue weighted by Crippen LogP contribution is 2.20. The predicted octanol–water partition coefficient (Wildman–Crippen LogP) is 2.15. The third-order valence-corrected chi connectivity index (χ3v) is 2.29. The van der Waals surface area contributed by atoms with Crippen molar-refractivity contribution in [2.24, 2.45) is 4.99 Å². The maximum Gasteiger partial charge on any atom is 0.216 e. The number of aryl methyl sites for hydroxylation is 1. The Balaban J connectivity index is 0.00000112. The molecule has 1 aromatic rings. The van der Waals surface area contributed by atoms with Crippen molar-refractivity contribution in [3.8, 4) is 5.75 Å². The van der Waals surface area contributed by atoms with E-state index in [1.807, 2.05) is 19.1 Å². The SMILES string of the molecule is CCc1cc(C2=NCCO2)ccc1O.Cl. The fraction of sp³-hybridized carbons (Fsp3) is 0.364. The number of rotatable bonds is 2. The molecule has 0 aliphatic carbocycles. The molecule has 2 rings (SSSR count). The average Bonchev–Trinajstić information content (AvgIpc) is 2.71. The molecule has 0 spiro atoms. The van der Waals surface area contributed by atoms with Crippen molar-refractivity contribution in [2.75, 3.05) is 13.2 Å². The summed E-state index contributed by atoms with van der Waals surface area (Å²) in [5.74, 6) is 1.04. The van der Waals surface area contributed by atoms with Gasteiger partial charge in [0.05, 0.1) is 6.54 Å². The molecule has 0 unspecified atom stereocenters. The maximum absolute atomic E-state index is 9.50. The Labute approximate surface area is 95.2 Å². The number of aromatic hydroxyl groups is 1. The molecular formula is C11H14ClNO2. The molecule has 0 aromatic heterocycles. The number of halogens is 1. The molecule has 15 heavy (non-hydrogen) atoms. The summed E-state index contributed by atoms with van der Waals surface area (Å²) in [4.78, 5) is 4.22. The number of hydrogen-bond donors (Lipinski definition) is 1. The largest absolute Gasteiger partial charge is 0.508 e. The highest BCUT2D eigenvalue weighted by atomic mass is 35.5. The van der Waals surface area contributed by atoms with Gasteiger partial charge in [0.2, 0.25) is 5.90 Å². The lowest BCUT2D eigenvalue weighted by Gasteiger charge is -2.05. The number of benzene rings is 1. The Bertz CT molecular complexity index is 377. The molecule has 3 nitrogen and oxygen atoms in total. The molecule has 0 saturated carbocycles. The van der Waals surface area contributed by atoms with Crippen LogP contribution in [0.15, 0.2) is 23.2 Å². The number of aliphatic imine (C=N–C) groups is 1. The van der Waals surface area contributed by atoms with Gasteiger partial charge in [-0.3, -0.25) is 0 Å². The smallest absolute Gasteiger partial charge is 0.216 e. The van der Waals surface area contributed by atoms with Crippen LogP contribution >= 0.6 is 12.4 Å². The molecular weight excluding hydrogens is 214 g/mol. The van der Waals surface area contributed by atoms with Crippen molar-refractivity contribution in [1.29, 1.82) is 0 Å². The van der Waals surface area contributed by atoms with Crippen molar-refractivity contribution < 1.29 is 9.84 Å². The Morgan fingerprint density at radius 2 is 2.27 bits per heavy atom. The molecule has 4 heteroatoms. The monoisotopic (exact) mass is 227 g/mol. The van der Waals surface area contributed by atoms with Gasteiger partial charge in [-0.05, 0) is 30.2 Å². The van der Waals surface area contributed by atoms with E-state index in [2.05, 4.69) is 4.99 Å². The first-order valence-electron chi connectivity index (χ1n) is 4.80. The van der Waals surface area contributed by atoms with Crippen molar-refractivity contribution >= 4 is 18.3 Å². The summed E-state index contributed by atoms with van der Waals surface area (Å²) in [6.07, 6.45) is 0.812. The average molecular weight is 228 g/mol. The summed E-state index contributed by atoms with van der Waals surface area (Å²) in [7, 11) is 0. The number of phenols is 1. The van der Waals surface area contributed by atoms with Gasteiger partial charge >= 0.3 is 0 Å². The normalized spacial score (nSPS) is 14.1. The van der Waals surface area contributed by atoms with Crippen LogP contribution in [-0.4, -0.2) is 24.2 Å². The zero-order valence-electron chi connectivity index (χ0n) is 8.56. The van der Waals surface area contributed by atoms with Crippen LogP contribution in [0, 0.1) is 0 Å². The molecule has 1 N–H and O–H groups in total. The van der Waals surface area contributed by atoms with Gasteiger partial charge in [0.15, 0.2) is 0 Å². The summed E-state index contributed by atoms with van der Waals surface area (Å²) in [6, 6.07) is 5.45. The number of hydrogen-bond acceptors (Lipinski definition) is 3. The summed E-state index contributed by atoms with van der Waals surface area (Å²) in [5.41, 5.74) is 1.89. The Morgan fingerprint density at radius 3 is 2.87 bits per heavy atom. The first kappa shape index (κ1) is 11.9. The van der Waals surface area contributed by atoms with Gasteiger partial charge in [-0.15, -0.1) is 12.4 Å². The molecule has 0 atom stereocenters. The van der Waals surface area contributed by atoms with Crippen LogP contribution in [-0.2, 0) is 11.2 Å². The van der Waals surface area contributed by atoms with Crippen molar-refractivity contribution in [3.05, 3.63) is 29.3 Å². The van der Waals surface area contributed by atoms with Gasteiger partial charge in [-0.2, -0.15) is 0 Å². The van der Waals surface area contributed by atoms with Crippen LogP contribution in [0.3, 0.4) is 0 Å². The standard InChI is InChI=1S/C11H13NO2.ClH/c1-2-8-7-9(3-4-10(8)13)11-12-5-6-14-11;/h3-4,7,13H,2,5-6H2,1H3;1H. The summed E-state index contributed by atoms with van der Waals surface area (Å²) in [6.45, 7) is 3.41. The van der Waals surface area contributed by atoms with Gasteiger partial charge in [0.25, 0.3) is 0 Å². The second kappa shape index (κ2) is 5.03. The number of nitrogens with zero attached hydrogens (tertiary/aromatic N) is 1. The van der Waals surface area contributed by atoms with E-state index in [-0.39, 0.29) is 12.4 Å². The molecule has 1 heterocycles. The highest BCUT2D eigenvalue weighted by Gasteiger charge is 2.11. The molecule has 0 fully saturated rings. The lowest BCUT2D eigenvalue weighted by molar-refractivity contribution is 0.348. The molecule has 1 aromatic carbocycles. The van der Waals surface area contributed by atoms with Gasteiger partial charge in [0.1, 0.15) is 12.4 Å². The van der Waals surface area contributed by atoms with Crippen molar-refractivity contribution in [3.63, 3.8) is 0 Å². The van der Waals surface area contributed by atoms with Crippen LogP contribution in [0.4, 0.5) is 0 Å². The van der Waals surface area contributed by atoms with Gasteiger partial charge in [0, 0.05) is 5.56 Å². The van der Waals surface area contributed by atoms with Crippen LogP contribution in [0.1, 0.15) is 18.1 Å². The second-order valence-electron chi connectivity index (χ2n) is 3.23. The Morgan fingerprint density at radius 1 is 1.47 bits per heavy atom. The van der Waals surface area contributed by atoms with Crippen LogP contribution in [0.2, 0.25) is 0 Å². The third kappa shape index (κ3) is 2.42. The zero-order chi connectivity index (χ0) is 9.97. The zero-order valence-corrected chi connectivity index (χ0v) is 9.38. The van der Waals surface area contributed by atoms with Crippen LogP contribution < -0.4 is 0 Å². The van der Waals surface area contributed by atoms with Gasteiger partial charge < -0.3 is 9.84 Å². The van der Waals surface area contributed by atoms with E-state index in [1.165, 1.54) is 0 Å². The Kier molecular flexibility index (Phi) is 3.97. The minimum atomic E-state index is 0. The lowest BCUT2D eigenvalue weighted by atomic mass is 10.1. The van der Waals surface area contributed by atoms with Gasteiger partial charge in [-0.1, -0.05) is 6.92 Å². The quantitative estimate of drug-likeness (QED) is 0.841. The van der Waals surface area contributed by atoms with E-state index in [0.717, 1.165) is 24.1 Å². The predicted molar refractivity (Wildman–Crippen MR) is 62.1 cm³/mol. The molecule has 0 radical (unpaired) electrons. The van der Waals surface area contributed by atoms with Gasteiger partial charge in [-0.25, -0.2) is 4.99 Å². The van der Waals surface area contributed by atoms with E-state index >= 15 is 0 Å². The minimum Gasteiger partial charge on any atom is -0.508 e. The Hall–Kier alpha value is -1.22. The summed E-state index contributed by atoms with van der Waals surface area (Å²) >= 11 is 0. The van der Waals surface area contributed by atoms with E-state index < -0.39 is 0 Å². The highest BCUT2D eigenvalue weighted by molar-refractivity contribution is 5.95. The molecule has 82 valence electrons. The first-order chi connectivity index (χ1) is 6.81. The topological polar surface area (TPSA) is 41.8 Å².